The van der Waals surface area contributed by atoms with E-state index in [9.17, 15) is 4.39 Å². The highest BCUT2D eigenvalue weighted by molar-refractivity contribution is 6.17. The molecule has 19 heavy (non-hydrogen) atoms. The van der Waals surface area contributed by atoms with E-state index in [0.717, 1.165) is 5.56 Å². The van der Waals surface area contributed by atoms with E-state index < -0.39 is 0 Å². The van der Waals surface area contributed by atoms with Crippen LogP contribution in [0.1, 0.15) is 22.3 Å². The fourth-order valence-electron chi connectivity index (χ4n) is 2.13. The summed E-state index contributed by atoms with van der Waals surface area (Å²) in [5.74, 6) is 0.110. The number of benzene rings is 2. The molecule has 0 aliphatic heterocycles. The van der Waals surface area contributed by atoms with Crippen LogP contribution in [0, 0.1) is 19.7 Å². The van der Waals surface area contributed by atoms with Crippen LogP contribution in [0.15, 0.2) is 36.4 Å². The van der Waals surface area contributed by atoms with Crippen molar-refractivity contribution in [1.29, 1.82) is 0 Å². The maximum Gasteiger partial charge on any atom is 0.165 e. The van der Waals surface area contributed by atoms with E-state index in [1.54, 1.807) is 12.1 Å². The van der Waals surface area contributed by atoms with Gasteiger partial charge in [0, 0.05) is 5.56 Å². The van der Waals surface area contributed by atoms with Crippen molar-refractivity contribution in [2.45, 2.75) is 26.3 Å². The maximum atomic E-state index is 13.7. The molecule has 2 aromatic rings. The summed E-state index contributed by atoms with van der Waals surface area (Å²) in [7, 11) is 0. The Morgan fingerprint density at radius 3 is 2.42 bits per heavy atom. The van der Waals surface area contributed by atoms with Gasteiger partial charge >= 0.3 is 0 Å². The summed E-state index contributed by atoms with van der Waals surface area (Å²) in [6, 6.07) is 11.0. The zero-order valence-electron chi connectivity index (χ0n) is 11.0. The summed E-state index contributed by atoms with van der Waals surface area (Å²) in [6.07, 6.45) is 0. The van der Waals surface area contributed by atoms with Crippen molar-refractivity contribution in [2.75, 3.05) is 0 Å². The minimum absolute atomic E-state index is 0.236. The fraction of sp³-hybridized carbons (Fsp3) is 0.250. The molecule has 0 unspecified atom stereocenters. The van der Waals surface area contributed by atoms with Crippen molar-refractivity contribution in [3.05, 3.63) is 64.5 Å². The molecule has 0 heterocycles. The molecule has 0 atom stereocenters. The highest BCUT2D eigenvalue weighted by Crippen LogP contribution is 2.25. The summed E-state index contributed by atoms with van der Waals surface area (Å²) in [4.78, 5) is 0. The van der Waals surface area contributed by atoms with Crippen LogP contribution in [-0.4, -0.2) is 0 Å². The van der Waals surface area contributed by atoms with Gasteiger partial charge in [-0.2, -0.15) is 0 Å². The van der Waals surface area contributed by atoms with Crippen LogP contribution in [0.4, 0.5) is 4.39 Å². The van der Waals surface area contributed by atoms with Crippen LogP contribution in [0.25, 0.3) is 0 Å². The fourth-order valence-corrected chi connectivity index (χ4v) is 2.34. The number of hydrogen-bond donors (Lipinski definition) is 0. The molecule has 0 saturated carbocycles. The van der Waals surface area contributed by atoms with Crippen molar-refractivity contribution in [3.8, 4) is 5.75 Å². The van der Waals surface area contributed by atoms with Crippen LogP contribution in [0.5, 0.6) is 5.75 Å². The molecular weight excluding hydrogens is 263 g/mol. The molecule has 2 rings (SSSR count). The Morgan fingerprint density at radius 2 is 1.79 bits per heavy atom. The number of para-hydroxylation sites is 1. The zero-order valence-corrected chi connectivity index (χ0v) is 11.8. The highest BCUT2D eigenvalue weighted by Gasteiger charge is 2.09. The number of ether oxygens (including phenoxy) is 1. The van der Waals surface area contributed by atoms with Gasteiger partial charge in [-0.3, -0.25) is 0 Å². The molecule has 0 radical (unpaired) electrons. The van der Waals surface area contributed by atoms with Crippen molar-refractivity contribution in [2.24, 2.45) is 0 Å². The lowest BCUT2D eigenvalue weighted by atomic mass is 10.1. The normalized spacial score (nSPS) is 10.5. The molecule has 1 nitrogen and oxygen atoms in total. The summed E-state index contributed by atoms with van der Waals surface area (Å²) in [5.41, 5.74) is 4.04. The maximum absolute atomic E-state index is 13.7. The Morgan fingerprint density at radius 1 is 1.11 bits per heavy atom. The van der Waals surface area contributed by atoms with Gasteiger partial charge in [0.15, 0.2) is 11.6 Å². The van der Waals surface area contributed by atoms with Gasteiger partial charge in [-0.1, -0.05) is 41.5 Å². The molecule has 0 fully saturated rings. The SMILES string of the molecule is Cc1cc(C)cc(COc2c(F)cccc2CCl)c1. The molecule has 0 N–H and O–H groups in total. The molecule has 0 aliphatic carbocycles. The molecule has 0 bridgehead atoms. The minimum Gasteiger partial charge on any atom is -0.485 e. The second-order valence-electron chi connectivity index (χ2n) is 4.65. The van der Waals surface area contributed by atoms with E-state index in [0.29, 0.717) is 12.2 Å². The summed E-state index contributed by atoms with van der Waals surface area (Å²) < 4.78 is 19.3. The largest absolute Gasteiger partial charge is 0.485 e. The van der Waals surface area contributed by atoms with Crippen LogP contribution >= 0.6 is 11.6 Å². The highest BCUT2D eigenvalue weighted by atomic mass is 35.5. The van der Waals surface area contributed by atoms with Crippen LogP contribution < -0.4 is 4.74 Å². The van der Waals surface area contributed by atoms with E-state index in [2.05, 4.69) is 6.07 Å². The molecular formula is C16H16ClFO. The number of hydrogen-bond acceptors (Lipinski definition) is 1. The predicted octanol–water partition coefficient (Wildman–Crippen LogP) is 4.76. The summed E-state index contributed by atoms with van der Waals surface area (Å²) >= 11 is 5.79. The smallest absolute Gasteiger partial charge is 0.165 e. The van der Waals surface area contributed by atoms with Crippen LogP contribution in [-0.2, 0) is 12.5 Å². The lowest BCUT2D eigenvalue weighted by Crippen LogP contribution is -2.01. The van der Waals surface area contributed by atoms with Crippen molar-refractivity contribution >= 4 is 11.6 Å². The molecule has 0 spiro atoms. The van der Waals surface area contributed by atoms with Crippen molar-refractivity contribution < 1.29 is 9.13 Å². The van der Waals surface area contributed by atoms with E-state index in [1.165, 1.54) is 17.2 Å². The van der Waals surface area contributed by atoms with Gasteiger partial charge in [0.1, 0.15) is 6.61 Å². The Labute approximate surface area is 118 Å². The molecule has 0 amide bonds. The lowest BCUT2D eigenvalue weighted by molar-refractivity contribution is 0.287. The van der Waals surface area contributed by atoms with Gasteiger partial charge in [0.2, 0.25) is 0 Å². The monoisotopic (exact) mass is 278 g/mol. The minimum atomic E-state index is -0.373. The Hall–Kier alpha value is -1.54. The van der Waals surface area contributed by atoms with E-state index >= 15 is 0 Å². The van der Waals surface area contributed by atoms with E-state index in [4.69, 9.17) is 16.3 Å². The third-order valence-corrected chi connectivity index (χ3v) is 3.15. The third-order valence-electron chi connectivity index (χ3n) is 2.86. The molecule has 0 saturated heterocycles. The Kier molecular flexibility index (Phi) is 4.43. The third kappa shape index (κ3) is 3.48. The molecule has 3 heteroatoms. The summed E-state index contributed by atoms with van der Waals surface area (Å²) in [5, 5.41) is 0. The molecule has 2 aromatic carbocycles. The van der Waals surface area contributed by atoms with E-state index in [-0.39, 0.29) is 17.4 Å². The first-order chi connectivity index (χ1) is 9.10. The lowest BCUT2D eigenvalue weighted by Gasteiger charge is -2.12. The van der Waals surface area contributed by atoms with Gasteiger partial charge in [-0.15, -0.1) is 11.6 Å². The standard InChI is InChI=1S/C16H16ClFO/c1-11-6-12(2)8-13(7-11)10-19-16-14(9-17)4-3-5-15(16)18/h3-8H,9-10H2,1-2H3. The first kappa shape index (κ1) is 13.9. The zero-order chi connectivity index (χ0) is 13.8. The number of alkyl halides is 1. The second-order valence-corrected chi connectivity index (χ2v) is 4.91. The topological polar surface area (TPSA) is 9.23 Å². The first-order valence-electron chi connectivity index (χ1n) is 6.13. The van der Waals surface area contributed by atoms with E-state index in [1.807, 2.05) is 26.0 Å². The quantitative estimate of drug-likeness (QED) is 0.733. The Bertz CT molecular complexity index is 561. The number of rotatable bonds is 4. The molecule has 100 valence electrons. The first-order valence-corrected chi connectivity index (χ1v) is 6.67. The molecule has 0 aromatic heterocycles. The van der Waals surface area contributed by atoms with Gasteiger partial charge in [-0.05, 0) is 25.5 Å². The number of halogens is 2. The second kappa shape index (κ2) is 6.07. The van der Waals surface area contributed by atoms with Gasteiger partial charge < -0.3 is 4.74 Å². The molecule has 0 aliphatic rings. The Balaban J connectivity index is 2.18. The van der Waals surface area contributed by atoms with Gasteiger partial charge in [0.25, 0.3) is 0 Å². The average Bonchev–Trinajstić information content (AvgIpc) is 2.36. The van der Waals surface area contributed by atoms with Crippen LogP contribution in [0.2, 0.25) is 0 Å². The van der Waals surface area contributed by atoms with Gasteiger partial charge in [-0.25, -0.2) is 4.39 Å². The summed E-state index contributed by atoms with van der Waals surface area (Å²) in [6.45, 7) is 4.40. The predicted molar refractivity (Wildman–Crippen MR) is 76.2 cm³/mol. The van der Waals surface area contributed by atoms with Gasteiger partial charge in [0.05, 0.1) is 5.88 Å². The number of aryl methyl sites for hydroxylation is 2. The van der Waals surface area contributed by atoms with Crippen LogP contribution in [0.3, 0.4) is 0 Å². The average molecular weight is 279 g/mol. The van der Waals surface area contributed by atoms with Crippen molar-refractivity contribution in [3.63, 3.8) is 0 Å². The van der Waals surface area contributed by atoms with Crippen molar-refractivity contribution in [1.82, 2.24) is 0 Å².